The standard InChI is InChI=1S/C11H10F3N3O4/c12-11(13,14)8-3-6(7(4-15-8)17(20)21)16-9(10(18)19)5-1-2-5/h3-5,9H,1-2H2,(H,15,16)(H,18,19). The zero-order valence-electron chi connectivity index (χ0n) is 10.4. The molecule has 114 valence electrons. The molecular weight excluding hydrogens is 295 g/mol. The van der Waals surface area contributed by atoms with Crippen LogP contribution in [0.3, 0.4) is 0 Å². The van der Waals surface area contributed by atoms with Crippen LogP contribution in [0.5, 0.6) is 0 Å². The highest BCUT2D eigenvalue weighted by Crippen LogP contribution is 2.37. The third-order valence-electron chi connectivity index (χ3n) is 3.04. The first-order chi connectivity index (χ1) is 9.70. The van der Waals surface area contributed by atoms with Gasteiger partial charge in [-0.15, -0.1) is 0 Å². The molecule has 10 heteroatoms. The molecule has 1 aromatic rings. The summed E-state index contributed by atoms with van der Waals surface area (Å²) in [5.41, 5.74) is -2.52. The number of carboxylic acids is 1. The second-order valence-corrected chi connectivity index (χ2v) is 4.64. The number of aromatic nitrogens is 1. The number of halogens is 3. The summed E-state index contributed by atoms with van der Waals surface area (Å²) in [5.74, 6) is -1.51. The van der Waals surface area contributed by atoms with E-state index < -0.39 is 40.2 Å². The Hall–Kier alpha value is -2.39. The van der Waals surface area contributed by atoms with E-state index in [-0.39, 0.29) is 5.92 Å². The number of anilines is 1. The van der Waals surface area contributed by atoms with E-state index >= 15 is 0 Å². The third-order valence-corrected chi connectivity index (χ3v) is 3.04. The lowest BCUT2D eigenvalue weighted by Gasteiger charge is -2.16. The zero-order chi connectivity index (χ0) is 15.8. The van der Waals surface area contributed by atoms with Crippen LogP contribution in [0.2, 0.25) is 0 Å². The highest BCUT2D eigenvalue weighted by molar-refractivity contribution is 5.79. The second-order valence-electron chi connectivity index (χ2n) is 4.64. The predicted octanol–water partition coefficient (Wildman–Crippen LogP) is 2.28. The Kier molecular flexibility index (Phi) is 3.71. The molecule has 0 bridgehead atoms. The number of pyridine rings is 1. The number of carboxylic acid groups (broad SMARTS) is 1. The van der Waals surface area contributed by atoms with E-state index in [0.717, 1.165) is 0 Å². The first kappa shape index (κ1) is 15.0. The summed E-state index contributed by atoms with van der Waals surface area (Å²) < 4.78 is 37.8. The van der Waals surface area contributed by atoms with Crippen molar-refractivity contribution < 1.29 is 28.0 Å². The van der Waals surface area contributed by atoms with Crippen LogP contribution in [0.4, 0.5) is 24.5 Å². The Morgan fingerprint density at radius 3 is 2.57 bits per heavy atom. The van der Waals surface area contributed by atoms with Gasteiger partial charge >= 0.3 is 17.8 Å². The van der Waals surface area contributed by atoms with Crippen LogP contribution in [-0.4, -0.2) is 27.0 Å². The summed E-state index contributed by atoms with van der Waals surface area (Å²) in [6, 6.07) is -0.705. The Balaban J connectivity index is 2.38. The van der Waals surface area contributed by atoms with Crippen LogP contribution >= 0.6 is 0 Å². The Bertz CT molecular complexity index is 587. The molecule has 1 aliphatic carbocycles. The number of nitrogens with zero attached hydrogens (tertiary/aromatic N) is 2. The minimum atomic E-state index is -4.77. The van der Waals surface area contributed by atoms with Gasteiger partial charge in [0.05, 0.1) is 4.92 Å². The Morgan fingerprint density at radius 2 is 2.14 bits per heavy atom. The Labute approximate surface area is 115 Å². The lowest BCUT2D eigenvalue weighted by Crippen LogP contribution is -2.31. The van der Waals surface area contributed by atoms with E-state index in [1.165, 1.54) is 0 Å². The molecule has 1 saturated carbocycles. The van der Waals surface area contributed by atoms with Gasteiger partial charge in [0.1, 0.15) is 23.6 Å². The average Bonchev–Trinajstić information content (AvgIpc) is 3.18. The number of hydrogen-bond acceptors (Lipinski definition) is 5. The fourth-order valence-electron chi connectivity index (χ4n) is 1.84. The fourth-order valence-corrected chi connectivity index (χ4v) is 1.84. The number of nitro groups is 1. The van der Waals surface area contributed by atoms with Crippen molar-refractivity contribution in [1.29, 1.82) is 0 Å². The number of aliphatic carboxylic acids is 1. The monoisotopic (exact) mass is 305 g/mol. The molecule has 0 amide bonds. The Morgan fingerprint density at radius 1 is 1.52 bits per heavy atom. The molecule has 1 fully saturated rings. The van der Waals surface area contributed by atoms with Gasteiger partial charge in [-0.1, -0.05) is 0 Å². The molecule has 1 aromatic heterocycles. The van der Waals surface area contributed by atoms with Gasteiger partial charge in [-0.25, -0.2) is 9.78 Å². The van der Waals surface area contributed by atoms with Crippen molar-refractivity contribution in [1.82, 2.24) is 4.98 Å². The highest BCUT2D eigenvalue weighted by Gasteiger charge is 2.39. The lowest BCUT2D eigenvalue weighted by molar-refractivity contribution is -0.384. The van der Waals surface area contributed by atoms with Crippen molar-refractivity contribution in [2.75, 3.05) is 5.32 Å². The van der Waals surface area contributed by atoms with E-state index in [4.69, 9.17) is 5.11 Å². The van der Waals surface area contributed by atoms with Crippen molar-refractivity contribution in [3.63, 3.8) is 0 Å². The molecular formula is C11H10F3N3O4. The molecule has 0 saturated heterocycles. The van der Waals surface area contributed by atoms with Crippen LogP contribution in [0.1, 0.15) is 18.5 Å². The van der Waals surface area contributed by atoms with Crippen LogP contribution in [0.15, 0.2) is 12.3 Å². The maximum atomic E-state index is 12.6. The normalized spacial score (nSPS) is 16.3. The molecule has 1 atom stereocenters. The molecule has 0 aromatic carbocycles. The molecule has 1 unspecified atom stereocenters. The second kappa shape index (κ2) is 5.19. The lowest BCUT2D eigenvalue weighted by atomic mass is 10.1. The van der Waals surface area contributed by atoms with E-state index in [1.54, 1.807) is 0 Å². The third kappa shape index (κ3) is 3.38. The summed E-state index contributed by atoms with van der Waals surface area (Å²) in [6.07, 6.45) is -3.09. The molecule has 1 aliphatic rings. The molecule has 0 aliphatic heterocycles. The number of rotatable bonds is 5. The summed E-state index contributed by atoms with van der Waals surface area (Å²) >= 11 is 0. The first-order valence-corrected chi connectivity index (χ1v) is 5.91. The maximum absolute atomic E-state index is 12.6. The van der Waals surface area contributed by atoms with Crippen LogP contribution < -0.4 is 5.32 Å². The minimum absolute atomic E-state index is 0.246. The topological polar surface area (TPSA) is 105 Å². The zero-order valence-corrected chi connectivity index (χ0v) is 10.4. The molecule has 2 N–H and O–H groups in total. The summed E-state index contributed by atoms with van der Waals surface area (Å²) in [4.78, 5) is 24.0. The van der Waals surface area contributed by atoms with Gasteiger partial charge in [-0.3, -0.25) is 10.1 Å². The van der Waals surface area contributed by atoms with E-state index in [2.05, 4.69) is 10.3 Å². The number of alkyl halides is 3. The van der Waals surface area contributed by atoms with Gasteiger partial charge in [0, 0.05) is 0 Å². The number of nitrogens with one attached hydrogen (secondary N) is 1. The smallest absolute Gasteiger partial charge is 0.433 e. The molecule has 2 rings (SSSR count). The van der Waals surface area contributed by atoms with E-state index in [9.17, 15) is 28.1 Å². The SMILES string of the molecule is O=C(O)C(Nc1cc(C(F)(F)F)ncc1[N+](=O)[O-])C1CC1. The van der Waals surface area contributed by atoms with Crippen LogP contribution in [0, 0.1) is 16.0 Å². The van der Waals surface area contributed by atoms with Crippen LogP contribution in [-0.2, 0) is 11.0 Å². The van der Waals surface area contributed by atoms with E-state index in [1.807, 2.05) is 0 Å². The van der Waals surface area contributed by atoms with Gasteiger partial charge in [0.25, 0.3) is 0 Å². The molecule has 1 heterocycles. The summed E-state index contributed by atoms with van der Waals surface area (Å²) in [7, 11) is 0. The van der Waals surface area contributed by atoms with Crippen molar-refractivity contribution in [2.24, 2.45) is 5.92 Å². The van der Waals surface area contributed by atoms with Crippen molar-refractivity contribution in [3.8, 4) is 0 Å². The first-order valence-electron chi connectivity index (χ1n) is 5.91. The quantitative estimate of drug-likeness (QED) is 0.638. The molecule has 0 spiro atoms. The molecule has 0 radical (unpaired) electrons. The molecule has 7 nitrogen and oxygen atoms in total. The summed E-state index contributed by atoms with van der Waals surface area (Å²) in [5, 5.41) is 22.2. The van der Waals surface area contributed by atoms with Gasteiger partial charge in [0.15, 0.2) is 0 Å². The highest BCUT2D eigenvalue weighted by atomic mass is 19.4. The average molecular weight is 305 g/mol. The maximum Gasteiger partial charge on any atom is 0.433 e. The largest absolute Gasteiger partial charge is 0.480 e. The number of hydrogen-bond donors (Lipinski definition) is 2. The molecule has 21 heavy (non-hydrogen) atoms. The van der Waals surface area contributed by atoms with Crippen LogP contribution in [0.25, 0.3) is 0 Å². The van der Waals surface area contributed by atoms with Gasteiger partial charge < -0.3 is 10.4 Å². The van der Waals surface area contributed by atoms with Crippen molar-refractivity contribution >= 4 is 17.3 Å². The van der Waals surface area contributed by atoms with Crippen molar-refractivity contribution in [2.45, 2.75) is 25.1 Å². The van der Waals surface area contributed by atoms with Crippen molar-refractivity contribution in [3.05, 3.63) is 28.1 Å². The minimum Gasteiger partial charge on any atom is -0.480 e. The number of carbonyl (C=O) groups is 1. The predicted molar refractivity (Wildman–Crippen MR) is 63.7 cm³/mol. The fraction of sp³-hybridized carbons (Fsp3) is 0.455. The van der Waals surface area contributed by atoms with Gasteiger partial charge in [0.2, 0.25) is 0 Å². The summed E-state index contributed by atoms with van der Waals surface area (Å²) in [6.45, 7) is 0. The van der Waals surface area contributed by atoms with Gasteiger partial charge in [-0.05, 0) is 24.8 Å². The van der Waals surface area contributed by atoms with Gasteiger partial charge in [-0.2, -0.15) is 13.2 Å². The van der Waals surface area contributed by atoms with E-state index in [0.29, 0.717) is 25.1 Å².